The topological polar surface area (TPSA) is 41.1 Å². The molecule has 140 valence electrons. The van der Waals surface area contributed by atoms with Gasteiger partial charge in [0.05, 0.1) is 17.4 Å². The van der Waals surface area contributed by atoms with Gasteiger partial charge in [0.15, 0.2) is 5.78 Å². The summed E-state index contributed by atoms with van der Waals surface area (Å²) in [6, 6.07) is 11.3. The predicted molar refractivity (Wildman–Crippen MR) is 113 cm³/mol. The van der Waals surface area contributed by atoms with Gasteiger partial charge in [0, 0.05) is 33.3 Å². The van der Waals surface area contributed by atoms with Gasteiger partial charge in [0.2, 0.25) is 0 Å². The van der Waals surface area contributed by atoms with Crippen LogP contribution in [0.25, 0.3) is 0 Å². The van der Waals surface area contributed by atoms with Gasteiger partial charge in [-0.05, 0) is 48.6 Å². The van der Waals surface area contributed by atoms with Crippen LogP contribution in [0.5, 0.6) is 0 Å². The van der Waals surface area contributed by atoms with Gasteiger partial charge in [-0.2, -0.15) is 0 Å². The van der Waals surface area contributed by atoms with E-state index in [1.165, 1.54) is 0 Å². The third-order valence-corrected chi connectivity index (χ3v) is 5.92. The van der Waals surface area contributed by atoms with Crippen molar-refractivity contribution in [3.05, 3.63) is 68.8 Å². The Balaban J connectivity index is 1.95. The van der Waals surface area contributed by atoms with E-state index in [2.05, 4.69) is 36.6 Å². The molecule has 1 aliphatic heterocycles. The number of halogens is 2. The molecule has 2 aromatic carbocycles. The largest absolute Gasteiger partial charge is 0.372 e. The average molecular weight is 401 g/mol. The zero-order valence-electron chi connectivity index (χ0n) is 15.6. The molecule has 0 aromatic heterocycles. The van der Waals surface area contributed by atoms with Crippen molar-refractivity contribution < 1.29 is 4.79 Å². The molecule has 0 spiro atoms. The lowest BCUT2D eigenvalue weighted by Gasteiger charge is -2.34. The van der Waals surface area contributed by atoms with Crippen LogP contribution in [0.2, 0.25) is 10.0 Å². The van der Waals surface area contributed by atoms with Gasteiger partial charge in [-0.15, -0.1) is 0 Å². The summed E-state index contributed by atoms with van der Waals surface area (Å²) in [7, 11) is 0. The number of Topliss-reactive ketones (excluding diaryl/α,β-unsaturated/α-hetero) is 1. The van der Waals surface area contributed by atoms with E-state index in [9.17, 15) is 4.79 Å². The van der Waals surface area contributed by atoms with Crippen molar-refractivity contribution in [3.8, 4) is 0 Å². The number of hydrogen-bond donors (Lipinski definition) is 2. The summed E-state index contributed by atoms with van der Waals surface area (Å²) >= 11 is 13.1. The van der Waals surface area contributed by atoms with E-state index in [1.807, 2.05) is 31.2 Å². The summed E-state index contributed by atoms with van der Waals surface area (Å²) in [6.07, 6.45) is 1.30. The zero-order chi connectivity index (χ0) is 19.3. The molecule has 1 unspecified atom stereocenters. The van der Waals surface area contributed by atoms with E-state index in [4.69, 9.17) is 23.2 Å². The number of nitrogens with one attached hydrogen (secondary N) is 2. The van der Waals surface area contributed by atoms with Crippen molar-refractivity contribution in [2.24, 2.45) is 5.41 Å². The molecule has 2 aliphatic rings. The first-order valence-corrected chi connectivity index (χ1v) is 9.85. The van der Waals surface area contributed by atoms with Crippen LogP contribution in [0.3, 0.4) is 0 Å². The first kappa shape index (κ1) is 18.4. The number of allylic oxidation sites excluding steroid dienone is 1. The van der Waals surface area contributed by atoms with Crippen LogP contribution in [0.15, 0.2) is 47.7 Å². The van der Waals surface area contributed by atoms with Crippen molar-refractivity contribution in [2.75, 3.05) is 10.6 Å². The van der Waals surface area contributed by atoms with E-state index in [1.54, 1.807) is 0 Å². The van der Waals surface area contributed by atoms with Gasteiger partial charge in [-0.3, -0.25) is 4.79 Å². The molecule has 4 rings (SSSR count). The molecule has 5 heteroatoms. The Labute approximate surface area is 169 Å². The number of aryl methyl sites for hydroxylation is 1. The minimum Gasteiger partial charge on any atom is -0.372 e. The Bertz CT molecular complexity index is 958. The summed E-state index contributed by atoms with van der Waals surface area (Å²) < 4.78 is 0. The number of benzene rings is 2. The van der Waals surface area contributed by atoms with Crippen molar-refractivity contribution in [2.45, 2.75) is 39.7 Å². The minimum atomic E-state index is -0.389. The molecular formula is C22H22Cl2N2O. The third-order valence-electron chi connectivity index (χ3n) is 5.26. The summed E-state index contributed by atoms with van der Waals surface area (Å²) in [5.41, 5.74) is 5.38. The predicted octanol–water partition coefficient (Wildman–Crippen LogP) is 6.52. The van der Waals surface area contributed by atoms with Crippen molar-refractivity contribution in [1.29, 1.82) is 0 Å². The Morgan fingerprint density at radius 2 is 1.74 bits per heavy atom. The van der Waals surface area contributed by atoms with Crippen LogP contribution >= 0.6 is 23.2 Å². The van der Waals surface area contributed by atoms with E-state index < -0.39 is 0 Å². The van der Waals surface area contributed by atoms with E-state index in [0.717, 1.165) is 40.2 Å². The van der Waals surface area contributed by atoms with Crippen molar-refractivity contribution >= 4 is 40.4 Å². The minimum absolute atomic E-state index is 0.0903. The second kappa shape index (κ2) is 6.57. The van der Waals surface area contributed by atoms with Crippen molar-refractivity contribution in [3.63, 3.8) is 0 Å². The van der Waals surface area contributed by atoms with Crippen LogP contribution in [0.1, 0.15) is 43.9 Å². The smallest absolute Gasteiger partial charge is 0.163 e. The second-order valence-corrected chi connectivity index (χ2v) is 9.03. The molecular weight excluding hydrogens is 379 g/mol. The van der Waals surface area contributed by atoms with Gasteiger partial charge < -0.3 is 10.6 Å². The van der Waals surface area contributed by atoms with Gasteiger partial charge in [0.1, 0.15) is 0 Å². The summed E-state index contributed by atoms with van der Waals surface area (Å²) in [5, 5.41) is 8.18. The number of hydrogen-bond acceptors (Lipinski definition) is 3. The number of carbonyl (C=O) groups excluding carboxylic acids is 1. The van der Waals surface area contributed by atoms with Crippen LogP contribution < -0.4 is 10.6 Å². The molecule has 1 heterocycles. The Hall–Kier alpha value is -1.97. The molecule has 0 radical (unpaired) electrons. The maximum atomic E-state index is 13.2. The molecule has 2 aromatic rings. The first-order chi connectivity index (χ1) is 12.7. The number of rotatable bonds is 1. The fourth-order valence-electron chi connectivity index (χ4n) is 4.06. The number of ketones is 1. The van der Waals surface area contributed by atoms with Gasteiger partial charge in [-0.1, -0.05) is 49.2 Å². The highest BCUT2D eigenvalue weighted by molar-refractivity contribution is 6.36. The van der Waals surface area contributed by atoms with Gasteiger partial charge in [0.25, 0.3) is 0 Å². The number of carbonyl (C=O) groups is 1. The monoisotopic (exact) mass is 400 g/mol. The Kier molecular flexibility index (Phi) is 4.48. The summed E-state index contributed by atoms with van der Waals surface area (Å²) in [6.45, 7) is 6.30. The van der Waals surface area contributed by atoms with Gasteiger partial charge >= 0.3 is 0 Å². The molecule has 0 fully saturated rings. The lowest BCUT2D eigenvalue weighted by Crippen LogP contribution is -2.31. The zero-order valence-corrected chi connectivity index (χ0v) is 17.1. The van der Waals surface area contributed by atoms with Crippen molar-refractivity contribution in [1.82, 2.24) is 0 Å². The summed E-state index contributed by atoms with van der Waals surface area (Å²) in [4.78, 5) is 13.2. The lowest BCUT2D eigenvalue weighted by atomic mass is 9.73. The normalized spacial score (nSPS) is 20.9. The maximum Gasteiger partial charge on any atom is 0.163 e. The lowest BCUT2D eigenvalue weighted by molar-refractivity contribution is -0.118. The Morgan fingerprint density at radius 1 is 1.04 bits per heavy atom. The molecule has 1 atom stereocenters. The highest BCUT2D eigenvalue weighted by atomic mass is 35.5. The second-order valence-electron chi connectivity index (χ2n) is 8.22. The number of anilines is 2. The van der Waals surface area contributed by atoms with Crippen LogP contribution in [-0.2, 0) is 4.79 Å². The van der Waals surface area contributed by atoms with Crippen LogP contribution in [-0.4, -0.2) is 5.78 Å². The molecule has 0 saturated heterocycles. The fraction of sp³-hybridized carbons (Fsp3) is 0.318. The van der Waals surface area contributed by atoms with Gasteiger partial charge in [-0.25, -0.2) is 0 Å². The molecule has 1 aliphatic carbocycles. The number of fused-ring (bicyclic) bond motifs is 1. The molecule has 0 bridgehead atoms. The SMILES string of the molecule is Cc1ccc2c(c1)NC(c1c(Cl)cccc1Cl)C1=C(CC(C)(C)CC1=O)N2. The molecule has 0 saturated carbocycles. The molecule has 0 amide bonds. The highest BCUT2D eigenvalue weighted by Gasteiger charge is 2.39. The quantitative estimate of drug-likeness (QED) is 0.571. The summed E-state index contributed by atoms with van der Waals surface area (Å²) in [5.74, 6) is 0.131. The van der Waals surface area contributed by atoms with Crippen LogP contribution in [0.4, 0.5) is 11.4 Å². The first-order valence-electron chi connectivity index (χ1n) is 9.09. The molecule has 3 nitrogen and oxygen atoms in total. The third kappa shape index (κ3) is 3.35. The fourth-order valence-corrected chi connectivity index (χ4v) is 4.68. The molecule has 2 N–H and O–H groups in total. The average Bonchev–Trinajstić information content (AvgIpc) is 2.69. The standard InChI is InChI=1S/C22H22Cl2N2O/c1-12-7-8-15-16(9-12)26-21(19-13(23)5-4-6-14(19)24)20-17(25-15)10-22(2,3)11-18(20)27/h4-9,21,25-26H,10-11H2,1-3H3. The highest BCUT2D eigenvalue weighted by Crippen LogP contribution is 2.47. The van der Waals surface area contributed by atoms with Crippen LogP contribution in [0, 0.1) is 12.3 Å². The maximum absolute atomic E-state index is 13.2. The van der Waals surface area contributed by atoms with E-state index >= 15 is 0 Å². The molecule has 27 heavy (non-hydrogen) atoms. The Morgan fingerprint density at radius 3 is 2.44 bits per heavy atom. The van der Waals surface area contributed by atoms with E-state index in [-0.39, 0.29) is 17.2 Å². The van der Waals surface area contributed by atoms with E-state index in [0.29, 0.717) is 16.5 Å².